The number of hydrogen-bond acceptors (Lipinski definition) is 5. The normalized spacial score (nSPS) is 17.6. The van der Waals surface area contributed by atoms with Gasteiger partial charge in [-0.25, -0.2) is 4.79 Å². The summed E-state index contributed by atoms with van der Waals surface area (Å²) in [7, 11) is 3.41. The van der Waals surface area contributed by atoms with E-state index >= 15 is 0 Å². The van der Waals surface area contributed by atoms with Crippen LogP contribution in [0.25, 0.3) is 0 Å². The van der Waals surface area contributed by atoms with Gasteiger partial charge in [-0.1, -0.05) is 12.1 Å². The second kappa shape index (κ2) is 6.88. The number of methoxy groups -OCH3 is 1. The first kappa shape index (κ1) is 16.3. The van der Waals surface area contributed by atoms with Crippen LogP contribution in [0, 0.1) is 6.92 Å². The molecule has 0 saturated carbocycles. The van der Waals surface area contributed by atoms with Crippen molar-refractivity contribution in [2.75, 3.05) is 32.1 Å². The molecule has 1 aromatic heterocycles. The number of morpholine rings is 1. The number of nitrogens with one attached hydrogen (secondary N) is 1. The average Bonchev–Trinajstić information content (AvgIpc) is 2.92. The Balaban J connectivity index is 1.64. The molecule has 0 aliphatic carbocycles. The standard InChI is InChI=1S/C16H21N5O3/c1-11-17-15(19-20(11)2)18-16(22)21-8-9-24-14(10-21)12-4-6-13(23-3)7-5-12/h4-7,14H,8-10H2,1-3H3,(H,18,19,22)/t14-/m0/s1. The number of amides is 2. The highest BCUT2D eigenvalue weighted by molar-refractivity contribution is 5.87. The van der Waals surface area contributed by atoms with Crippen molar-refractivity contribution in [1.82, 2.24) is 19.7 Å². The predicted octanol–water partition coefficient (Wildman–Crippen LogP) is 1.74. The van der Waals surface area contributed by atoms with Gasteiger partial charge in [0.1, 0.15) is 17.7 Å². The summed E-state index contributed by atoms with van der Waals surface area (Å²) in [6, 6.07) is 7.46. The van der Waals surface area contributed by atoms with Gasteiger partial charge in [0, 0.05) is 13.6 Å². The maximum absolute atomic E-state index is 12.4. The summed E-state index contributed by atoms with van der Waals surface area (Å²) in [5.74, 6) is 1.84. The molecule has 0 spiro atoms. The van der Waals surface area contributed by atoms with E-state index in [4.69, 9.17) is 9.47 Å². The monoisotopic (exact) mass is 331 g/mol. The van der Waals surface area contributed by atoms with Crippen LogP contribution >= 0.6 is 0 Å². The van der Waals surface area contributed by atoms with Gasteiger partial charge in [0.15, 0.2) is 0 Å². The number of benzene rings is 1. The van der Waals surface area contributed by atoms with E-state index in [-0.39, 0.29) is 12.1 Å². The summed E-state index contributed by atoms with van der Waals surface area (Å²) in [4.78, 5) is 18.3. The Labute approximate surface area is 140 Å². The van der Waals surface area contributed by atoms with Crippen molar-refractivity contribution in [2.24, 2.45) is 7.05 Å². The Morgan fingerprint density at radius 1 is 1.38 bits per heavy atom. The fourth-order valence-electron chi connectivity index (χ4n) is 2.54. The quantitative estimate of drug-likeness (QED) is 0.926. The van der Waals surface area contributed by atoms with Gasteiger partial charge in [-0.15, -0.1) is 5.10 Å². The summed E-state index contributed by atoms with van der Waals surface area (Å²) in [6.45, 7) is 3.32. The molecule has 3 rings (SSSR count). The molecule has 0 radical (unpaired) electrons. The van der Waals surface area contributed by atoms with Crippen LogP contribution in [0.15, 0.2) is 24.3 Å². The number of anilines is 1. The molecule has 24 heavy (non-hydrogen) atoms. The van der Waals surface area contributed by atoms with E-state index in [2.05, 4.69) is 15.4 Å². The molecule has 1 saturated heterocycles. The van der Waals surface area contributed by atoms with Crippen molar-refractivity contribution >= 4 is 12.0 Å². The molecule has 128 valence electrons. The van der Waals surface area contributed by atoms with Gasteiger partial charge in [0.05, 0.1) is 20.3 Å². The van der Waals surface area contributed by atoms with E-state index in [9.17, 15) is 4.79 Å². The molecule has 2 heterocycles. The minimum absolute atomic E-state index is 0.158. The van der Waals surface area contributed by atoms with Crippen LogP contribution in [0.5, 0.6) is 5.75 Å². The van der Waals surface area contributed by atoms with E-state index in [0.717, 1.165) is 17.1 Å². The predicted molar refractivity (Wildman–Crippen MR) is 88.0 cm³/mol. The smallest absolute Gasteiger partial charge is 0.324 e. The summed E-state index contributed by atoms with van der Waals surface area (Å²) < 4.78 is 12.6. The topological polar surface area (TPSA) is 81.5 Å². The van der Waals surface area contributed by atoms with Crippen LogP contribution in [-0.2, 0) is 11.8 Å². The van der Waals surface area contributed by atoms with Crippen molar-refractivity contribution in [3.63, 3.8) is 0 Å². The van der Waals surface area contributed by atoms with Gasteiger partial charge >= 0.3 is 6.03 Å². The molecule has 1 aromatic carbocycles. The third-order valence-corrected chi connectivity index (χ3v) is 4.04. The van der Waals surface area contributed by atoms with Crippen molar-refractivity contribution in [2.45, 2.75) is 13.0 Å². The Hall–Kier alpha value is -2.61. The molecular formula is C16H21N5O3. The number of hydrogen-bond donors (Lipinski definition) is 1. The van der Waals surface area contributed by atoms with Gasteiger partial charge in [-0.05, 0) is 24.6 Å². The Morgan fingerprint density at radius 3 is 2.75 bits per heavy atom. The summed E-state index contributed by atoms with van der Waals surface area (Å²) in [5, 5.41) is 6.88. The van der Waals surface area contributed by atoms with Crippen LogP contribution in [0.1, 0.15) is 17.5 Å². The van der Waals surface area contributed by atoms with Gasteiger partial charge in [-0.2, -0.15) is 4.98 Å². The van der Waals surface area contributed by atoms with E-state index in [1.807, 2.05) is 31.2 Å². The maximum Gasteiger partial charge on any atom is 0.324 e. The van der Waals surface area contributed by atoms with E-state index in [1.165, 1.54) is 0 Å². The fourth-order valence-corrected chi connectivity index (χ4v) is 2.54. The number of aryl methyl sites for hydroxylation is 2. The van der Waals surface area contributed by atoms with Crippen LogP contribution < -0.4 is 10.1 Å². The van der Waals surface area contributed by atoms with Gasteiger partial charge in [0.25, 0.3) is 0 Å². The molecule has 8 heteroatoms. The lowest BCUT2D eigenvalue weighted by Gasteiger charge is -2.32. The number of carbonyl (C=O) groups is 1. The zero-order valence-corrected chi connectivity index (χ0v) is 14.0. The molecule has 8 nitrogen and oxygen atoms in total. The van der Waals surface area contributed by atoms with Crippen molar-refractivity contribution in [3.8, 4) is 5.75 Å². The number of nitrogens with zero attached hydrogens (tertiary/aromatic N) is 4. The van der Waals surface area contributed by atoms with Gasteiger partial charge in [-0.3, -0.25) is 10.00 Å². The summed E-state index contributed by atoms with van der Waals surface area (Å²) in [5.41, 5.74) is 1.01. The highest BCUT2D eigenvalue weighted by atomic mass is 16.5. The zero-order valence-electron chi connectivity index (χ0n) is 14.0. The highest BCUT2D eigenvalue weighted by Gasteiger charge is 2.26. The average molecular weight is 331 g/mol. The van der Waals surface area contributed by atoms with Gasteiger partial charge < -0.3 is 14.4 Å². The Bertz CT molecular complexity index is 694. The maximum atomic E-state index is 12.4. The molecule has 1 N–H and O–H groups in total. The second-order valence-electron chi connectivity index (χ2n) is 5.61. The number of rotatable bonds is 3. The third kappa shape index (κ3) is 3.48. The molecule has 2 amide bonds. The number of urea groups is 1. The van der Waals surface area contributed by atoms with Gasteiger partial charge in [0.2, 0.25) is 5.95 Å². The summed E-state index contributed by atoms with van der Waals surface area (Å²) in [6.07, 6.45) is -0.158. The third-order valence-electron chi connectivity index (χ3n) is 4.04. The highest BCUT2D eigenvalue weighted by Crippen LogP contribution is 2.24. The minimum atomic E-state index is -0.220. The van der Waals surface area contributed by atoms with Crippen molar-refractivity contribution < 1.29 is 14.3 Å². The Morgan fingerprint density at radius 2 is 2.12 bits per heavy atom. The molecule has 0 bridgehead atoms. The van der Waals surface area contributed by atoms with E-state index < -0.39 is 0 Å². The molecular weight excluding hydrogens is 310 g/mol. The lowest BCUT2D eigenvalue weighted by molar-refractivity contribution is -0.0135. The zero-order chi connectivity index (χ0) is 17.1. The first-order valence-corrected chi connectivity index (χ1v) is 7.76. The lowest BCUT2D eigenvalue weighted by Crippen LogP contribution is -2.44. The number of ether oxygens (including phenoxy) is 2. The minimum Gasteiger partial charge on any atom is -0.497 e. The van der Waals surface area contributed by atoms with Crippen molar-refractivity contribution in [3.05, 3.63) is 35.7 Å². The summed E-state index contributed by atoms with van der Waals surface area (Å²) >= 11 is 0. The lowest BCUT2D eigenvalue weighted by atomic mass is 10.1. The molecule has 1 atom stereocenters. The molecule has 0 unspecified atom stereocenters. The molecule has 1 aliphatic rings. The number of carbonyl (C=O) groups excluding carboxylic acids is 1. The molecule has 1 aliphatic heterocycles. The second-order valence-corrected chi connectivity index (χ2v) is 5.61. The largest absolute Gasteiger partial charge is 0.497 e. The van der Waals surface area contributed by atoms with Crippen LogP contribution in [0.3, 0.4) is 0 Å². The SMILES string of the molecule is COc1ccc([C@@H]2CN(C(=O)Nc3nc(C)n(C)n3)CCO2)cc1. The number of aromatic nitrogens is 3. The first-order chi connectivity index (χ1) is 11.6. The van der Waals surface area contributed by atoms with Crippen LogP contribution in [-0.4, -0.2) is 52.5 Å². The fraction of sp³-hybridized carbons (Fsp3) is 0.438. The molecule has 1 fully saturated rings. The van der Waals surface area contributed by atoms with Crippen LogP contribution in [0.4, 0.5) is 10.7 Å². The molecule has 2 aromatic rings. The van der Waals surface area contributed by atoms with E-state index in [1.54, 1.807) is 23.7 Å². The van der Waals surface area contributed by atoms with Crippen LogP contribution in [0.2, 0.25) is 0 Å². The Kier molecular flexibility index (Phi) is 4.66. The van der Waals surface area contributed by atoms with Crippen molar-refractivity contribution in [1.29, 1.82) is 0 Å². The first-order valence-electron chi connectivity index (χ1n) is 7.76. The van der Waals surface area contributed by atoms with E-state index in [0.29, 0.717) is 25.6 Å².